The second kappa shape index (κ2) is 12.0. The Labute approximate surface area is 208 Å². The van der Waals surface area contributed by atoms with Crippen LogP contribution >= 0.6 is 8.46 Å². The van der Waals surface area contributed by atoms with Crippen LogP contribution in [0.4, 0.5) is 0 Å². The Balaban J connectivity index is 2.82. The van der Waals surface area contributed by atoms with Gasteiger partial charge in [0, 0.05) is 11.1 Å². The van der Waals surface area contributed by atoms with Gasteiger partial charge in [0.2, 0.25) is 0 Å². The summed E-state index contributed by atoms with van der Waals surface area (Å²) in [6.45, 7) is 15.9. The van der Waals surface area contributed by atoms with Gasteiger partial charge < -0.3 is 0 Å². The van der Waals surface area contributed by atoms with Gasteiger partial charge in [-0.05, 0) is 85.8 Å². The lowest BCUT2D eigenvalue weighted by molar-refractivity contribution is 0.0778. The Morgan fingerprint density at radius 3 is 1.15 bits per heavy atom. The summed E-state index contributed by atoms with van der Waals surface area (Å²) in [5.74, 6) is -1.41. The maximum absolute atomic E-state index is 14.3. The van der Waals surface area contributed by atoms with Crippen LogP contribution in [0.5, 0.6) is 0 Å². The molecule has 0 amide bonds. The summed E-state index contributed by atoms with van der Waals surface area (Å²) >= 11 is 0. The van der Waals surface area contributed by atoms with Crippen LogP contribution in [0.1, 0.15) is 109 Å². The minimum absolute atomic E-state index is 0.196. The number of benzene rings is 2. The van der Waals surface area contributed by atoms with E-state index in [4.69, 9.17) is 0 Å². The van der Waals surface area contributed by atoms with Gasteiger partial charge in [-0.15, -0.1) is 0 Å². The molecular weight excluding hydrogens is 439 g/mol. The molecular formula is C30H41O3P. The lowest BCUT2D eigenvalue weighted by Gasteiger charge is -2.29. The molecule has 0 atom stereocenters. The SMILES string of the molecule is CCc1cc(CC)c(C(=O)C(C(=O)c2c(CC)cc(CC)cc2CC)C(C)(C)P=O)c(CC)c1. The Morgan fingerprint density at radius 2 is 0.941 bits per heavy atom. The number of ketones is 2. The molecule has 184 valence electrons. The molecule has 3 nitrogen and oxygen atoms in total. The van der Waals surface area contributed by atoms with Gasteiger partial charge >= 0.3 is 0 Å². The molecule has 2 aromatic rings. The summed E-state index contributed by atoms with van der Waals surface area (Å²) in [7, 11) is -0.204. The molecule has 0 spiro atoms. The van der Waals surface area contributed by atoms with Crippen LogP contribution in [0.2, 0.25) is 0 Å². The third-order valence-corrected chi connectivity index (χ3v) is 7.75. The van der Waals surface area contributed by atoms with Crippen LogP contribution in [-0.4, -0.2) is 16.7 Å². The fourth-order valence-electron chi connectivity index (χ4n) is 4.94. The molecule has 0 aromatic heterocycles. The summed E-state index contributed by atoms with van der Waals surface area (Å²) in [5.41, 5.74) is 7.61. The summed E-state index contributed by atoms with van der Waals surface area (Å²) in [6.07, 6.45) is 4.64. The van der Waals surface area contributed by atoms with Gasteiger partial charge in [0.15, 0.2) is 20.0 Å². The van der Waals surface area contributed by atoms with Crippen LogP contribution in [0.3, 0.4) is 0 Å². The van der Waals surface area contributed by atoms with Crippen LogP contribution < -0.4 is 0 Å². The number of aryl methyl sites for hydroxylation is 6. The molecule has 2 aromatic carbocycles. The van der Waals surface area contributed by atoms with Crippen molar-refractivity contribution in [3.8, 4) is 0 Å². The van der Waals surface area contributed by atoms with E-state index in [-0.39, 0.29) is 20.0 Å². The molecule has 0 saturated carbocycles. The Kier molecular flexibility index (Phi) is 9.95. The molecule has 0 saturated heterocycles. The molecule has 0 aliphatic rings. The van der Waals surface area contributed by atoms with E-state index in [2.05, 4.69) is 38.1 Å². The number of carbonyl (C=O) groups is 2. The van der Waals surface area contributed by atoms with Crippen molar-refractivity contribution in [2.45, 2.75) is 99.1 Å². The zero-order valence-corrected chi connectivity index (χ0v) is 23.2. The molecule has 0 unspecified atom stereocenters. The van der Waals surface area contributed by atoms with Gasteiger partial charge in [0.25, 0.3) is 0 Å². The van der Waals surface area contributed by atoms with E-state index in [0.29, 0.717) is 36.8 Å². The van der Waals surface area contributed by atoms with Crippen molar-refractivity contribution in [3.05, 3.63) is 68.8 Å². The quantitative estimate of drug-likeness (QED) is 0.177. The van der Waals surface area contributed by atoms with Gasteiger partial charge in [0.05, 0.1) is 5.16 Å². The van der Waals surface area contributed by atoms with Gasteiger partial charge in [0.1, 0.15) is 5.92 Å². The number of hydrogen-bond acceptors (Lipinski definition) is 3. The zero-order valence-electron chi connectivity index (χ0n) is 22.3. The molecule has 2 rings (SSSR count). The Morgan fingerprint density at radius 1 is 0.647 bits per heavy atom. The highest BCUT2D eigenvalue weighted by Crippen LogP contribution is 2.39. The van der Waals surface area contributed by atoms with Gasteiger partial charge in [-0.25, -0.2) is 0 Å². The van der Waals surface area contributed by atoms with Gasteiger partial charge in [-0.2, -0.15) is 0 Å². The van der Waals surface area contributed by atoms with Crippen molar-refractivity contribution in [3.63, 3.8) is 0 Å². The van der Waals surface area contributed by atoms with E-state index < -0.39 is 11.1 Å². The lowest BCUT2D eigenvalue weighted by atomic mass is 9.76. The average molecular weight is 481 g/mol. The monoisotopic (exact) mass is 480 g/mol. The van der Waals surface area contributed by atoms with E-state index in [1.54, 1.807) is 13.8 Å². The first-order chi connectivity index (χ1) is 16.1. The minimum Gasteiger partial charge on any atom is -0.293 e. The number of Topliss-reactive ketones (excluding diaryl/α,β-unsaturated/α-hetero) is 2. The first kappa shape index (κ1) is 28.1. The first-order valence-electron chi connectivity index (χ1n) is 12.9. The average Bonchev–Trinajstić information content (AvgIpc) is 2.86. The molecule has 4 heteroatoms. The van der Waals surface area contributed by atoms with Crippen LogP contribution in [0.25, 0.3) is 0 Å². The van der Waals surface area contributed by atoms with Crippen molar-refractivity contribution in [1.29, 1.82) is 0 Å². The fraction of sp³-hybridized carbons (Fsp3) is 0.533. The highest BCUT2D eigenvalue weighted by atomic mass is 31.1. The lowest BCUT2D eigenvalue weighted by Crippen LogP contribution is -2.40. The van der Waals surface area contributed by atoms with Crippen molar-refractivity contribution in [2.24, 2.45) is 5.92 Å². The largest absolute Gasteiger partial charge is 0.293 e. The maximum atomic E-state index is 14.3. The normalized spacial score (nSPS) is 11.9. The molecule has 0 heterocycles. The third-order valence-electron chi connectivity index (χ3n) is 7.02. The molecule has 0 bridgehead atoms. The fourth-order valence-corrected chi connectivity index (χ4v) is 5.28. The molecule has 0 N–H and O–H groups in total. The van der Waals surface area contributed by atoms with E-state index in [9.17, 15) is 14.2 Å². The highest BCUT2D eigenvalue weighted by Gasteiger charge is 2.44. The van der Waals surface area contributed by atoms with Crippen molar-refractivity contribution in [1.82, 2.24) is 0 Å². The van der Waals surface area contributed by atoms with E-state index >= 15 is 0 Å². The number of rotatable bonds is 12. The molecule has 0 radical (unpaired) electrons. The van der Waals surface area contributed by atoms with Crippen LogP contribution in [-0.2, 0) is 43.1 Å². The van der Waals surface area contributed by atoms with Gasteiger partial charge in [-0.3, -0.25) is 14.2 Å². The smallest absolute Gasteiger partial charge is 0.175 e. The van der Waals surface area contributed by atoms with E-state index in [1.807, 2.05) is 27.7 Å². The van der Waals surface area contributed by atoms with E-state index in [1.165, 1.54) is 11.1 Å². The topological polar surface area (TPSA) is 51.2 Å². The van der Waals surface area contributed by atoms with Crippen LogP contribution in [0, 0.1) is 5.92 Å². The third kappa shape index (κ3) is 5.57. The summed E-state index contributed by atoms with van der Waals surface area (Å²) in [6, 6.07) is 8.39. The van der Waals surface area contributed by atoms with Crippen molar-refractivity contribution in [2.75, 3.05) is 0 Å². The molecule has 0 aliphatic heterocycles. The van der Waals surface area contributed by atoms with Gasteiger partial charge in [-0.1, -0.05) is 65.8 Å². The maximum Gasteiger partial charge on any atom is 0.175 e. The number of hydrogen-bond donors (Lipinski definition) is 0. The van der Waals surface area contributed by atoms with E-state index in [0.717, 1.165) is 35.1 Å². The zero-order chi connectivity index (χ0) is 25.6. The summed E-state index contributed by atoms with van der Waals surface area (Å²) < 4.78 is 12.4. The Hall–Kier alpha value is -2.12. The first-order valence-corrected chi connectivity index (χ1v) is 13.7. The second-order valence-electron chi connectivity index (χ2n) is 9.61. The summed E-state index contributed by atoms with van der Waals surface area (Å²) in [5, 5.41) is -1.02. The second-order valence-corrected chi connectivity index (χ2v) is 10.9. The minimum atomic E-state index is -1.02. The molecule has 0 aliphatic carbocycles. The predicted octanol–water partition coefficient (Wildman–Crippen LogP) is 7.81. The summed E-state index contributed by atoms with van der Waals surface area (Å²) in [4.78, 5) is 28.6. The predicted molar refractivity (Wildman–Crippen MR) is 143 cm³/mol. The molecule has 34 heavy (non-hydrogen) atoms. The molecule has 0 fully saturated rings. The van der Waals surface area contributed by atoms with Crippen LogP contribution in [0.15, 0.2) is 24.3 Å². The Bertz CT molecular complexity index is 939. The van der Waals surface area contributed by atoms with Crippen molar-refractivity contribution >= 4 is 20.0 Å². The number of carbonyl (C=O) groups excluding carboxylic acids is 2. The highest BCUT2D eigenvalue weighted by molar-refractivity contribution is 7.26. The van der Waals surface area contributed by atoms with Crippen molar-refractivity contribution < 1.29 is 14.2 Å². The standard InChI is InChI=1S/C30H41O3P/c1-9-19-15-21(11-3)25(22(12-4)16-19)28(31)27(30(7,8)34-33)29(32)26-23(13-5)17-20(10-2)18-24(26)14-6/h15-18,27H,9-14H2,1-8H3.